The minimum atomic E-state index is -0.220. The van der Waals surface area contributed by atoms with Gasteiger partial charge in [0.2, 0.25) is 5.91 Å². The number of rotatable bonds is 8. The maximum Gasteiger partial charge on any atom is 0.318 e. The molecule has 0 spiro atoms. The van der Waals surface area contributed by atoms with Crippen molar-refractivity contribution < 1.29 is 9.53 Å². The molecule has 5 rings (SSSR count). The standard InChI is InChI=1S/C29H35I2N7O2/c1-3-26(39)38-16-15-37(17-20(38)10-12-32)28-22-11-14-36(25-9-5-4-8-23(25)27(30)31)18-24(22)33-29(34-28)40-19-21-7-6-13-35(21)2/h3-5,8-9,20-21,27H,1,6-7,10-11,13-19H2,2H3/t20?,21-/m0/s1. The van der Waals surface area contributed by atoms with Gasteiger partial charge in [-0.05, 0) is 50.6 Å². The number of hydrogen-bond acceptors (Lipinski definition) is 8. The molecule has 1 aromatic heterocycles. The van der Waals surface area contributed by atoms with Crippen molar-refractivity contribution in [3.63, 3.8) is 0 Å². The Balaban J connectivity index is 1.46. The zero-order valence-electron chi connectivity index (χ0n) is 22.8. The highest BCUT2D eigenvalue weighted by Crippen LogP contribution is 2.39. The number of piperazine rings is 1. The number of anilines is 2. The number of carbonyl (C=O) groups excluding carboxylic acids is 1. The van der Waals surface area contributed by atoms with E-state index >= 15 is 0 Å². The minimum absolute atomic E-state index is 0.132. The number of likely N-dealkylation sites (tertiary alicyclic amines) is 1. The third kappa shape index (κ3) is 6.33. The molecule has 0 bridgehead atoms. The fourth-order valence-electron chi connectivity index (χ4n) is 5.98. The number of alkyl halides is 2. The van der Waals surface area contributed by atoms with E-state index in [-0.39, 0.29) is 18.4 Å². The maximum absolute atomic E-state index is 12.5. The normalized spacial score (nSPS) is 21.3. The zero-order chi connectivity index (χ0) is 28.2. The molecule has 2 saturated heterocycles. The lowest BCUT2D eigenvalue weighted by Crippen LogP contribution is -2.55. The summed E-state index contributed by atoms with van der Waals surface area (Å²) in [4.78, 5) is 31.2. The number of ether oxygens (including phenoxy) is 1. The van der Waals surface area contributed by atoms with Gasteiger partial charge < -0.3 is 24.3 Å². The summed E-state index contributed by atoms with van der Waals surface area (Å²) in [6, 6.07) is 11.4. The van der Waals surface area contributed by atoms with Gasteiger partial charge >= 0.3 is 6.01 Å². The van der Waals surface area contributed by atoms with E-state index in [1.165, 1.54) is 23.7 Å². The number of benzene rings is 1. The van der Waals surface area contributed by atoms with Gasteiger partial charge in [0.25, 0.3) is 0 Å². The molecule has 0 aliphatic carbocycles. The van der Waals surface area contributed by atoms with Crippen LogP contribution in [-0.4, -0.2) is 84.1 Å². The number of carbonyl (C=O) groups is 1. The van der Waals surface area contributed by atoms with E-state index in [1.54, 1.807) is 4.90 Å². The van der Waals surface area contributed by atoms with Crippen molar-refractivity contribution >= 4 is 62.6 Å². The molecule has 2 atom stereocenters. The average Bonchev–Trinajstić information content (AvgIpc) is 3.39. The summed E-state index contributed by atoms with van der Waals surface area (Å²) in [6.45, 7) is 8.53. The summed E-state index contributed by atoms with van der Waals surface area (Å²) in [7, 11) is 2.14. The summed E-state index contributed by atoms with van der Waals surface area (Å²) in [5.74, 6) is 0.745. The fraction of sp³-hybridized carbons (Fsp3) is 0.517. The molecule has 0 N–H and O–H groups in total. The Labute approximate surface area is 263 Å². The van der Waals surface area contributed by atoms with Gasteiger partial charge in [0, 0.05) is 43.5 Å². The quantitative estimate of drug-likeness (QED) is 0.221. The fourth-order valence-corrected chi connectivity index (χ4v) is 7.03. The van der Waals surface area contributed by atoms with Crippen LogP contribution in [0.15, 0.2) is 36.9 Å². The smallest absolute Gasteiger partial charge is 0.318 e. The first-order chi connectivity index (χ1) is 19.4. The van der Waals surface area contributed by atoms with Gasteiger partial charge in [0.1, 0.15) is 12.4 Å². The van der Waals surface area contributed by atoms with Crippen LogP contribution in [0.3, 0.4) is 0 Å². The van der Waals surface area contributed by atoms with Crippen LogP contribution in [0.5, 0.6) is 6.01 Å². The molecule has 0 saturated carbocycles. The second kappa shape index (κ2) is 13.2. The number of aromatic nitrogens is 2. The second-order valence-corrected chi connectivity index (χ2v) is 15.4. The monoisotopic (exact) mass is 767 g/mol. The van der Waals surface area contributed by atoms with E-state index in [0.29, 0.717) is 46.8 Å². The number of para-hydroxylation sites is 1. The maximum atomic E-state index is 12.5. The van der Waals surface area contributed by atoms with Crippen LogP contribution < -0.4 is 14.5 Å². The molecule has 2 fully saturated rings. The van der Waals surface area contributed by atoms with Gasteiger partial charge in [-0.1, -0.05) is 70.0 Å². The number of likely N-dealkylation sites (N-methyl/N-ethyl adjacent to an activating group) is 1. The van der Waals surface area contributed by atoms with Crippen LogP contribution >= 0.6 is 45.2 Å². The lowest BCUT2D eigenvalue weighted by Gasteiger charge is -2.42. The Morgan fingerprint density at radius 2 is 2.02 bits per heavy atom. The van der Waals surface area contributed by atoms with E-state index in [4.69, 9.17) is 14.7 Å². The number of nitriles is 1. The molecule has 212 valence electrons. The summed E-state index contributed by atoms with van der Waals surface area (Å²) in [5.41, 5.74) is 4.67. The molecule has 4 heterocycles. The number of amides is 1. The van der Waals surface area contributed by atoms with E-state index < -0.39 is 0 Å². The average molecular weight is 767 g/mol. The Morgan fingerprint density at radius 3 is 2.75 bits per heavy atom. The first-order valence-electron chi connectivity index (χ1n) is 13.8. The first-order valence-corrected chi connectivity index (χ1v) is 16.3. The highest BCUT2D eigenvalue weighted by molar-refractivity contribution is 14.2. The highest BCUT2D eigenvalue weighted by atomic mass is 127. The van der Waals surface area contributed by atoms with Crippen LogP contribution in [0.25, 0.3) is 0 Å². The highest BCUT2D eigenvalue weighted by Gasteiger charge is 2.34. The summed E-state index contributed by atoms with van der Waals surface area (Å²) in [5, 5.41) is 9.49. The molecule has 3 aliphatic heterocycles. The number of nitrogens with zero attached hydrogens (tertiary/aromatic N) is 7. The van der Waals surface area contributed by atoms with E-state index in [0.717, 1.165) is 43.0 Å². The molecular formula is C29H35I2N7O2. The van der Waals surface area contributed by atoms with Crippen molar-refractivity contribution in [3.05, 3.63) is 53.7 Å². The lowest BCUT2D eigenvalue weighted by atomic mass is 10.0. The number of hydrogen-bond donors (Lipinski definition) is 0. The predicted octanol–water partition coefficient (Wildman–Crippen LogP) is 4.50. The van der Waals surface area contributed by atoms with Gasteiger partial charge in [-0.15, -0.1) is 0 Å². The van der Waals surface area contributed by atoms with Gasteiger partial charge in [-0.3, -0.25) is 4.79 Å². The summed E-state index contributed by atoms with van der Waals surface area (Å²) in [6.07, 6.45) is 4.70. The predicted molar refractivity (Wildman–Crippen MR) is 173 cm³/mol. The second-order valence-electron chi connectivity index (χ2n) is 10.6. The molecular weight excluding hydrogens is 732 g/mol. The van der Waals surface area contributed by atoms with Crippen LogP contribution in [0.2, 0.25) is 0 Å². The van der Waals surface area contributed by atoms with E-state index in [2.05, 4.69) is 104 Å². The van der Waals surface area contributed by atoms with Crippen LogP contribution in [0.4, 0.5) is 11.5 Å². The minimum Gasteiger partial charge on any atom is -0.462 e. The first kappa shape index (κ1) is 29.3. The van der Waals surface area contributed by atoms with Crippen molar-refractivity contribution in [1.82, 2.24) is 19.8 Å². The molecule has 1 amide bonds. The zero-order valence-corrected chi connectivity index (χ0v) is 27.1. The molecule has 0 radical (unpaired) electrons. The third-order valence-electron chi connectivity index (χ3n) is 8.18. The summed E-state index contributed by atoms with van der Waals surface area (Å²) < 4.78 is 6.63. The van der Waals surface area contributed by atoms with E-state index in [9.17, 15) is 10.1 Å². The van der Waals surface area contributed by atoms with Crippen molar-refractivity contribution in [3.8, 4) is 12.1 Å². The van der Waals surface area contributed by atoms with E-state index in [1.807, 2.05) is 0 Å². The molecule has 11 heteroatoms. The third-order valence-corrected chi connectivity index (χ3v) is 9.52. The van der Waals surface area contributed by atoms with Crippen molar-refractivity contribution in [1.29, 1.82) is 5.26 Å². The molecule has 9 nitrogen and oxygen atoms in total. The Bertz CT molecular complexity index is 1280. The number of halogens is 2. The van der Waals surface area contributed by atoms with Crippen molar-refractivity contribution in [2.24, 2.45) is 0 Å². The topological polar surface area (TPSA) is 88.8 Å². The molecule has 1 aromatic carbocycles. The van der Waals surface area contributed by atoms with Gasteiger partial charge in [0.15, 0.2) is 0 Å². The Morgan fingerprint density at radius 1 is 1.20 bits per heavy atom. The molecule has 40 heavy (non-hydrogen) atoms. The van der Waals surface area contributed by atoms with Crippen LogP contribution in [0.1, 0.15) is 38.0 Å². The van der Waals surface area contributed by atoms with Gasteiger partial charge in [-0.2, -0.15) is 15.2 Å². The molecule has 3 aliphatic rings. The SMILES string of the molecule is C=CC(=O)N1CCN(c2nc(OC[C@@H]3CCCN3C)nc3c2CCN(c2ccccc2C(I)I)C3)CC1CC#N. The molecule has 1 unspecified atom stereocenters. The van der Waals surface area contributed by atoms with Gasteiger partial charge in [0.05, 0.1) is 32.7 Å². The van der Waals surface area contributed by atoms with Gasteiger partial charge in [-0.25, -0.2) is 0 Å². The largest absolute Gasteiger partial charge is 0.462 e. The Hall–Kier alpha value is -2.18. The lowest BCUT2D eigenvalue weighted by molar-refractivity contribution is -0.128. The van der Waals surface area contributed by atoms with Crippen LogP contribution in [0, 0.1) is 11.3 Å². The number of fused-ring (bicyclic) bond motifs is 1. The molecule has 2 aromatic rings. The Kier molecular flexibility index (Phi) is 9.68. The van der Waals surface area contributed by atoms with Crippen molar-refractivity contribution in [2.45, 2.75) is 46.2 Å². The summed E-state index contributed by atoms with van der Waals surface area (Å²) >= 11 is 4.93. The van der Waals surface area contributed by atoms with Crippen LogP contribution in [-0.2, 0) is 17.8 Å². The van der Waals surface area contributed by atoms with Crippen molar-refractivity contribution in [2.75, 3.05) is 56.2 Å².